The van der Waals surface area contributed by atoms with Crippen LogP contribution in [0.25, 0.3) is 0 Å². The average Bonchev–Trinajstić information content (AvgIpc) is 2.63. The van der Waals surface area contributed by atoms with E-state index in [9.17, 15) is 0 Å². The number of hydrogen-bond donors (Lipinski definition) is 1. The minimum absolute atomic E-state index is 0.778. The molecule has 0 amide bonds. The molecule has 0 aromatic heterocycles. The first kappa shape index (κ1) is 21.8. The Labute approximate surface area is 157 Å². The largest absolute Gasteiger partial charge is 0.383 e. The smallest absolute Gasteiger partial charge is 0.193 e. The Bertz CT molecular complexity index is 493. The summed E-state index contributed by atoms with van der Waals surface area (Å²) < 4.78 is 5.10. The second-order valence-electron chi connectivity index (χ2n) is 6.09. The summed E-state index contributed by atoms with van der Waals surface area (Å²) in [5.41, 5.74) is 1.30. The first-order valence-corrected chi connectivity index (χ1v) is 10.1. The van der Waals surface area contributed by atoms with Crippen LogP contribution in [0.1, 0.15) is 18.9 Å². The number of nitrogens with zero attached hydrogens (tertiary/aromatic N) is 3. The van der Waals surface area contributed by atoms with Crippen LogP contribution in [0.5, 0.6) is 0 Å². The molecule has 0 atom stereocenters. The van der Waals surface area contributed by atoms with Gasteiger partial charge in [0.2, 0.25) is 0 Å². The quantitative estimate of drug-likeness (QED) is 0.282. The van der Waals surface area contributed by atoms with Gasteiger partial charge < -0.3 is 19.9 Å². The van der Waals surface area contributed by atoms with Crippen LogP contribution in [0.2, 0.25) is 0 Å². The van der Waals surface area contributed by atoms with Crippen LogP contribution in [0.3, 0.4) is 0 Å². The molecular weight excluding hydrogens is 332 g/mol. The molecule has 0 fully saturated rings. The molecule has 0 heterocycles. The van der Waals surface area contributed by atoms with Crippen LogP contribution < -0.4 is 5.32 Å². The summed E-state index contributed by atoms with van der Waals surface area (Å²) in [5.74, 6) is 0.969. The van der Waals surface area contributed by atoms with E-state index < -0.39 is 0 Å². The van der Waals surface area contributed by atoms with Crippen LogP contribution in [0.15, 0.2) is 34.2 Å². The SMILES string of the molecule is CCNC(=NCCCN(C)CCOC)N(C)Cc1ccc(SC)cc1. The summed E-state index contributed by atoms with van der Waals surface area (Å²) in [4.78, 5) is 10.5. The molecule has 25 heavy (non-hydrogen) atoms. The maximum atomic E-state index is 5.10. The van der Waals surface area contributed by atoms with E-state index in [1.807, 2.05) is 0 Å². The van der Waals surface area contributed by atoms with E-state index in [2.05, 4.69) is 66.7 Å². The van der Waals surface area contributed by atoms with Crippen molar-refractivity contribution in [1.82, 2.24) is 15.1 Å². The highest BCUT2D eigenvalue weighted by Crippen LogP contribution is 2.15. The Kier molecular flexibility index (Phi) is 11.4. The second kappa shape index (κ2) is 13.0. The molecule has 0 unspecified atom stereocenters. The van der Waals surface area contributed by atoms with Crippen molar-refractivity contribution >= 4 is 17.7 Å². The van der Waals surface area contributed by atoms with Gasteiger partial charge in [0.25, 0.3) is 0 Å². The lowest BCUT2D eigenvalue weighted by atomic mass is 10.2. The van der Waals surface area contributed by atoms with Crippen molar-refractivity contribution in [3.63, 3.8) is 0 Å². The number of nitrogens with one attached hydrogen (secondary N) is 1. The Balaban J connectivity index is 2.49. The molecule has 0 aliphatic rings. The molecule has 1 aromatic carbocycles. The summed E-state index contributed by atoms with van der Waals surface area (Å²) >= 11 is 1.77. The van der Waals surface area contributed by atoms with Gasteiger partial charge in [-0.15, -0.1) is 11.8 Å². The fourth-order valence-electron chi connectivity index (χ4n) is 2.43. The topological polar surface area (TPSA) is 40.1 Å². The van der Waals surface area contributed by atoms with Gasteiger partial charge in [-0.1, -0.05) is 12.1 Å². The van der Waals surface area contributed by atoms with Crippen molar-refractivity contribution < 1.29 is 4.74 Å². The van der Waals surface area contributed by atoms with Crippen molar-refractivity contribution in [3.05, 3.63) is 29.8 Å². The van der Waals surface area contributed by atoms with Crippen LogP contribution in [-0.2, 0) is 11.3 Å². The average molecular weight is 367 g/mol. The lowest BCUT2D eigenvalue weighted by molar-refractivity contribution is 0.161. The monoisotopic (exact) mass is 366 g/mol. The molecule has 0 saturated heterocycles. The molecule has 0 aliphatic carbocycles. The molecule has 6 heteroatoms. The Hall–Kier alpha value is -1.24. The third kappa shape index (κ3) is 9.14. The summed E-state index contributed by atoms with van der Waals surface area (Å²) in [7, 11) is 5.96. The summed E-state index contributed by atoms with van der Waals surface area (Å²) in [6, 6.07) is 8.73. The van der Waals surface area contributed by atoms with Gasteiger partial charge in [-0.25, -0.2) is 0 Å². The third-order valence-corrected chi connectivity index (χ3v) is 4.66. The van der Waals surface area contributed by atoms with Gasteiger partial charge in [0, 0.05) is 45.2 Å². The van der Waals surface area contributed by atoms with Gasteiger partial charge in [0.15, 0.2) is 5.96 Å². The Morgan fingerprint density at radius 2 is 1.92 bits per heavy atom. The minimum atomic E-state index is 0.778. The Morgan fingerprint density at radius 3 is 2.52 bits per heavy atom. The highest BCUT2D eigenvalue weighted by molar-refractivity contribution is 7.98. The number of guanidine groups is 1. The second-order valence-corrected chi connectivity index (χ2v) is 6.97. The molecule has 0 bridgehead atoms. The zero-order valence-electron chi connectivity index (χ0n) is 16.4. The molecule has 0 radical (unpaired) electrons. The van der Waals surface area contributed by atoms with Gasteiger partial charge >= 0.3 is 0 Å². The van der Waals surface area contributed by atoms with E-state index >= 15 is 0 Å². The molecule has 0 spiro atoms. The number of methoxy groups -OCH3 is 1. The van der Waals surface area contributed by atoms with Crippen molar-refractivity contribution in [3.8, 4) is 0 Å². The van der Waals surface area contributed by atoms with E-state index in [4.69, 9.17) is 9.73 Å². The van der Waals surface area contributed by atoms with Gasteiger partial charge in [-0.2, -0.15) is 0 Å². The zero-order chi connectivity index (χ0) is 18.5. The lowest BCUT2D eigenvalue weighted by Gasteiger charge is -2.22. The van der Waals surface area contributed by atoms with E-state index in [0.717, 1.165) is 51.7 Å². The fourth-order valence-corrected chi connectivity index (χ4v) is 2.84. The first-order valence-electron chi connectivity index (χ1n) is 8.90. The molecule has 1 N–H and O–H groups in total. The molecule has 5 nitrogen and oxygen atoms in total. The number of aliphatic imine (C=N–C) groups is 1. The van der Waals surface area contributed by atoms with Crippen LogP contribution in [-0.4, -0.2) is 76.0 Å². The maximum Gasteiger partial charge on any atom is 0.193 e. The van der Waals surface area contributed by atoms with E-state index in [-0.39, 0.29) is 0 Å². The summed E-state index contributed by atoms with van der Waals surface area (Å²) in [5, 5.41) is 3.39. The molecule has 0 saturated carbocycles. The predicted octanol–water partition coefficient (Wildman–Crippen LogP) is 2.77. The highest BCUT2D eigenvalue weighted by Gasteiger charge is 2.06. The van der Waals surface area contributed by atoms with E-state index in [0.29, 0.717) is 0 Å². The number of hydrogen-bond acceptors (Lipinski definition) is 4. The number of benzene rings is 1. The minimum Gasteiger partial charge on any atom is -0.383 e. The Morgan fingerprint density at radius 1 is 1.20 bits per heavy atom. The van der Waals surface area contributed by atoms with Crippen molar-refractivity contribution in [1.29, 1.82) is 0 Å². The van der Waals surface area contributed by atoms with Crippen LogP contribution in [0, 0.1) is 0 Å². The standard InChI is InChI=1S/C19H34N4OS/c1-6-20-19(21-12-7-13-22(2)14-15-24-4)23(3)16-17-8-10-18(25-5)11-9-17/h8-11H,6-7,12-16H2,1-5H3,(H,20,21). The predicted molar refractivity (Wildman–Crippen MR) is 110 cm³/mol. The van der Waals surface area contributed by atoms with Gasteiger partial charge in [-0.05, 0) is 50.9 Å². The molecule has 1 aromatic rings. The van der Waals surface area contributed by atoms with Crippen molar-refractivity contribution in [2.45, 2.75) is 24.8 Å². The van der Waals surface area contributed by atoms with E-state index in [1.165, 1.54) is 10.5 Å². The molecule has 1 rings (SSSR count). The van der Waals surface area contributed by atoms with Crippen LogP contribution in [0.4, 0.5) is 0 Å². The van der Waals surface area contributed by atoms with Gasteiger partial charge in [-0.3, -0.25) is 4.99 Å². The lowest BCUT2D eigenvalue weighted by Crippen LogP contribution is -2.38. The molecular formula is C19H34N4OS. The number of likely N-dealkylation sites (N-methyl/N-ethyl adjacent to an activating group) is 1. The first-order chi connectivity index (χ1) is 12.1. The third-order valence-electron chi connectivity index (χ3n) is 3.91. The maximum absolute atomic E-state index is 5.10. The highest BCUT2D eigenvalue weighted by atomic mass is 32.2. The fraction of sp³-hybridized carbons (Fsp3) is 0.632. The summed E-state index contributed by atoms with van der Waals surface area (Å²) in [6.45, 7) is 7.44. The van der Waals surface area contributed by atoms with Crippen LogP contribution >= 0.6 is 11.8 Å². The van der Waals surface area contributed by atoms with E-state index in [1.54, 1.807) is 18.9 Å². The van der Waals surface area contributed by atoms with Gasteiger partial charge in [0.05, 0.1) is 6.61 Å². The summed E-state index contributed by atoms with van der Waals surface area (Å²) in [6.07, 6.45) is 3.15. The number of rotatable bonds is 11. The van der Waals surface area contributed by atoms with Crippen molar-refractivity contribution in [2.75, 3.05) is 60.2 Å². The normalized spacial score (nSPS) is 11.8. The number of ether oxygens (including phenoxy) is 1. The zero-order valence-corrected chi connectivity index (χ0v) is 17.2. The molecule has 142 valence electrons. The molecule has 0 aliphatic heterocycles. The van der Waals surface area contributed by atoms with Gasteiger partial charge in [0.1, 0.15) is 0 Å². The number of thioether (sulfide) groups is 1. The van der Waals surface area contributed by atoms with Crippen molar-refractivity contribution in [2.24, 2.45) is 4.99 Å².